The molecule has 1 N–H and O–H groups in total. The van der Waals surface area contributed by atoms with Crippen LogP contribution in [0.4, 0.5) is 46.5 Å². The van der Waals surface area contributed by atoms with Gasteiger partial charge >= 0.3 is 0 Å². The minimum atomic E-state index is -0.148. The van der Waals surface area contributed by atoms with Crippen molar-refractivity contribution in [3.8, 4) is 0 Å². The average Bonchev–Trinajstić information content (AvgIpc) is 3.38. The predicted octanol–water partition coefficient (Wildman–Crippen LogP) is 3.18. The fraction of sp³-hybridized carbons (Fsp3) is 0.250. The number of rotatable bonds is 0. The lowest BCUT2D eigenvalue weighted by Crippen LogP contribution is -2.21. The van der Waals surface area contributed by atoms with Crippen molar-refractivity contribution in [3.63, 3.8) is 0 Å². The number of nitrogens with one attached hydrogen (secondary N) is 1. The molecule has 8 bridgehead atoms. The quantitative estimate of drug-likeness (QED) is 0.269. The van der Waals surface area contributed by atoms with E-state index in [1.807, 2.05) is 59.9 Å². The van der Waals surface area contributed by atoms with Crippen LogP contribution in [0.2, 0.25) is 0 Å². The van der Waals surface area contributed by atoms with E-state index >= 15 is 0 Å². The molecular formula is C24H23Br2N13O2. The minimum absolute atomic E-state index is 0.148. The third-order valence-electron chi connectivity index (χ3n) is 6.29. The molecule has 0 aliphatic carbocycles. The van der Waals surface area contributed by atoms with Gasteiger partial charge in [-0.1, -0.05) is 0 Å². The third kappa shape index (κ3) is 5.62. The number of imide groups is 1. The van der Waals surface area contributed by atoms with E-state index in [4.69, 9.17) is 0 Å². The highest BCUT2D eigenvalue weighted by Crippen LogP contribution is 2.39. The summed E-state index contributed by atoms with van der Waals surface area (Å²) in [5, 5.41) is 2.14. The minimum Gasteiger partial charge on any atom is -0.313 e. The maximum absolute atomic E-state index is 10.1. The van der Waals surface area contributed by atoms with Crippen molar-refractivity contribution in [3.05, 3.63) is 46.4 Å². The molecule has 2 aliphatic rings. The number of fused-ring (bicyclic) bond motifs is 8. The Morgan fingerprint density at radius 2 is 0.805 bits per heavy atom. The molecule has 0 atom stereocenters. The Morgan fingerprint density at radius 3 is 1.05 bits per heavy atom. The van der Waals surface area contributed by atoms with Crippen molar-refractivity contribution in [1.29, 1.82) is 0 Å². The number of hydrogen-bond acceptors (Lipinski definition) is 14. The molecule has 1 saturated heterocycles. The number of amides is 2. The highest BCUT2D eigenvalue weighted by Gasteiger charge is 2.23. The van der Waals surface area contributed by atoms with Gasteiger partial charge < -0.3 is 19.6 Å². The predicted molar refractivity (Wildman–Crippen MR) is 158 cm³/mol. The van der Waals surface area contributed by atoms with Crippen molar-refractivity contribution in [2.75, 3.05) is 47.8 Å². The van der Waals surface area contributed by atoms with Crippen LogP contribution in [0.15, 0.2) is 46.4 Å². The Labute approximate surface area is 251 Å². The fourth-order valence-corrected chi connectivity index (χ4v) is 5.46. The van der Waals surface area contributed by atoms with E-state index in [0.29, 0.717) is 68.3 Å². The first-order chi connectivity index (χ1) is 19.7. The second-order valence-electron chi connectivity index (χ2n) is 8.85. The summed E-state index contributed by atoms with van der Waals surface area (Å²) in [6.45, 7) is 0. The van der Waals surface area contributed by atoms with Crippen LogP contribution < -0.4 is 24.9 Å². The standard InChI is InChI=1S/C20H18Br2N12.C4H5NO2/c1-31-11-5-12(24-7-23-11)32(2)19-16(22)20(30-10-29-19)34(4)14-6-13(25-8-26-14)33(3)18-15(21)17(31)27-9-28-18;6-3-1-2-4(7)5-3/h5-10H,1-4H3;1-2H2,(H,5,6,7). The van der Waals surface area contributed by atoms with Crippen LogP contribution >= 0.6 is 31.9 Å². The topological polar surface area (TPSA) is 162 Å². The Balaban J connectivity index is 0.000000423. The third-order valence-corrected chi connectivity index (χ3v) is 7.70. The first-order valence-electron chi connectivity index (χ1n) is 12.1. The number of carbonyl (C=O) groups excluding carboxylic acids is 2. The number of hydrogen-bond donors (Lipinski definition) is 1. The van der Waals surface area contributed by atoms with Crippen LogP contribution in [-0.2, 0) is 9.59 Å². The summed E-state index contributed by atoms with van der Waals surface area (Å²) >= 11 is 7.35. The summed E-state index contributed by atoms with van der Waals surface area (Å²) in [7, 11) is 7.51. The van der Waals surface area contributed by atoms with E-state index in [2.05, 4.69) is 77.0 Å². The van der Waals surface area contributed by atoms with Gasteiger partial charge in [0.1, 0.15) is 57.5 Å². The van der Waals surface area contributed by atoms with Gasteiger partial charge in [0.2, 0.25) is 11.8 Å². The first-order valence-corrected chi connectivity index (χ1v) is 13.7. The molecule has 4 aromatic rings. The molecular weight excluding hydrogens is 662 g/mol. The van der Waals surface area contributed by atoms with Gasteiger partial charge in [-0.25, -0.2) is 39.9 Å². The number of aromatic nitrogens is 8. The fourth-order valence-electron chi connectivity index (χ4n) is 3.99. The molecule has 17 heteroatoms. The first kappa shape index (κ1) is 28.2. The molecule has 2 aliphatic heterocycles. The molecule has 0 unspecified atom stereocenters. The van der Waals surface area contributed by atoms with Crippen LogP contribution in [0.5, 0.6) is 0 Å². The van der Waals surface area contributed by atoms with Crippen LogP contribution in [0.3, 0.4) is 0 Å². The Morgan fingerprint density at radius 1 is 0.537 bits per heavy atom. The maximum Gasteiger partial charge on any atom is 0.227 e. The lowest BCUT2D eigenvalue weighted by molar-refractivity contribution is -0.124. The average molecular weight is 685 g/mol. The summed E-state index contributed by atoms with van der Waals surface area (Å²) in [5.41, 5.74) is 0. The molecule has 6 heterocycles. The normalized spacial score (nSPS) is 14.5. The number of carbonyl (C=O) groups is 2. The van der Waals surface area contributed by atoms with Gasteiger partial charge in [-0.05, 0) is 31.9 Å². The highest BCUT2D eigenvalue weighted by molar-refractivity contribution is 9.11. The van der Waals surface area contributed by atoms with Crippen LogP contribution in [-0.4, -0.2) is 79.9 Å². The van der Waals surface area contributed by atoms with Gasteiger partial charge in [-0.2, -0.15) is 0 Å². The van der Waals surface area contributed by atoms with Crippen molar-refractivity contribution < 1.29 is 9.59 Å². The zero-order valence-electron chi connectivity index (χ0n) is 22.3. The maximum atomic E-state index is 10.1. The van der Waals surface area contributed by atoms with Crippen molar-refractivity contribution in [2.45, 2.75) is 12.8 Å². The van der Waals surface area contributed by atoms with Crippen LogP contribution in [0, 0.1) is 0 Å². The number of halogens is 2. The Kier molecular flexibility index (Phi) is 7.98. The molecule has 0 radical (unpaired) electrons. The molecule has 0 saturated carbocycles. The second kappa shape index (κ2) is 11.6. The van der Waals surface area contributed by atoms with E-state index in [-0.39, 0.29) is 11.8 Å². The zero-order chi connectivity index (χ0) is 29.3. The zero-order valence-corrected chi connectivity index (χ0v) is 25.5. The molecule has 210 valence electrons. The van der Waals surface area contributed by atoms with E-state index in [1.54, 1.807) is 0 Å². The van der Waals surface area contributed by atoms with Gasteiger partial charge in [0.05, 0.1) is 0 Å². The lowest BCUT2D eigenvalue weighted by Gasteiger charge is -2.26. The van der Waals surface area contributed by atoms with Gasteiger partial charge in [-0.3, -0.25) is 14.9 Å². The smallest absolute Gasteiger partial charge is 0.227 e. The SMILES string of the molecule is CN1c2cc(ncn2)N(C)c2ncnc(c2Br)N(C)c2cc(ncn2)N(C)c2ncnc1c2Br.O=C1CCC(=O)N1. The number of nitrogens with zero attached hydrogens (tertiary/aromatic N) is 12. The largest absolute Gasteiger partial charge is 0.313 e. The molecule has 0 aromatic carbocycles. The van der Waals surface area contributed by atoms with E-state index in [1.165, 1.54) is 25.3 Å². The molecule has 6 rings (SSSR count). The highest BCUT2D eigenvalue weighted by atomic mass is 79.9. The summed E-state index contributed by atoms with van der Waals surface area (Å²) in [6.07, 6.45) is 6.76. The Bertz CT molecular complexity index is 1430. The summed E-state index contributed by atoms with van der Waals surface area (Å²) in [5.74, 6) is 4.80. The molecule has 15 nitrogen and oxygen atoms in total. The van der Waals surface area contributed by atoms with Gasteiger partial charge in [-0.15, -0.1) is 0 Å². The Hall–Kier alpha value is -4.38. The molecule has 4 aromatic heterocycles. The van der Waals surface area contributed by atoms with Gasteiger partial charge in [0.25, 0.3) is 0 Å². The van der Waals surface area contributed by atoms with Crippen molar-refractivity contribution in [1.82, 2.24) is 45.2 Å². The van der Waals surface area contributed by atoms with Gasteiger partial charge in [0, 0.05) is 53.2 Å². The summed E-state index contributed by atoms with van der Waals surface area (Å²) < 4.78 is 1.37. The molecule has 41 heavy (non-hydrogen) atoms. The number of anilines is 8. The molecule has 2 amide bonds. The lowest BCUT2D eigenvalue weighted by atomic mass is 10.3. The van der Waals surface area contributed by atoms with Crippen molar-refractivity contribution in [2.24, 2.45) is 0 Å². The molecule has 0 spiro atoms. The molecule has 1 fully saturated rings. The van der Waals surface area contributed by atoms with Crippen LogP contribution in [0.1, 0.15) is 12.8 Å². The summed E-state index contributed by atoms with van der Waals surface area (Å²) in [4.78, 5) is 63.4. The van der Waals surface area contributed by atoms with E-state index < -0.39 is 0 Å². The van der Waals surface area contributed by atoms with Gasteiger partial charge in [0.15, 0.2) is 23.3 Å². The van der Waals surface area contributed by atoms with E-state index in [0.717, 1.165) is 0 Å². The van der Waals surface area contributed by atoms with E-state index in [9.17, 15) is 9.59 Å². The van der Waals surface area contributed by atoms with Crippen LogP contribution in [0.25, 0.3) is 0 Å². The second-order valence-corrected chi connectivity index (χ2v) is 10.4. The monoisotopic (exact) mass is 683 g/mol. The van der Waals surface area contributed by atoms with Crippen molar-refractivity contribution >= 4 is 90.2 Å². The summed E-state index contributed by atoms with van der Waals surface area (Å²) in [6, 6.07) is 3.71.